The minimum atomic E-state index is -6.22. The lowest BCUT2D eigenvalue weighted by Crippen LogP contribution is -2.36. The number of nitrogens with zero attached hydrogens (tertiary/aromatic N) is 4. The Morgan fingerprint density at radius 3 is 1.65 bits per heavy atom. The number of aromatic amines is 2. The van der Waals surface area contributed by atoms with E-state index in [-0.39, 0.29) is 26.8 Å². The fourth-order valence-corrected chi connectivity index (χ4v) is 4.10. The molecule has 22 heteroatoms. The molecule has 4 aromatic rings. The van der Waals surface area contributed by atoms with Crippen LogP contribution in [0.4, 0.5) is 34.6 Å². The highest BCUT2D eigenvalue weighted by molar-refractivity contribution is 9.10. The second kappa shape index (κ2) is 13.6. The molecule has 244 valence electrons. The van der Waals surface area contributed by atoms with E-state index in [4.69, 9.17) is 10.5 Å². The fourth-order valence-electron chi connectivity index (χ4n) is 3.40. The number of nitriles is 2. The first-order chi connectivity index (χ1) is 21.0. The van der Waals surface area contributed by atoms with Gasteiger partial charge in [-0.25, -0.2) is 23.5 Å². The van der Waals surface area contributed by atoms with Crippen LogP contribution in [0.1, 0.15) is 28.3 Å². The van der Waals surface area contributed by atoms with E-state index in [1.54, 1.807) is 13.0 Å². The number of nitrogens with one attached hydrogen (secondary N) is 2. The van der Waals surface area contributed by atoms with Gasteiger partial charge in [0.1, 0.15) is 34.9 Å². The summed E-state index contributed by atoms with van der Waals surface area (Å²) in [6, 6.07) is 4.76. The van der Waals surface area contributed by atoms with Crippen molar-refractivity contribution in [2.45, 2.75) is 25.3 Å². The van der Waals surface area contributed by atoms with Gasteiger partial charge in [-0.2, -0.15) is 40.9 Å². The monoisotopic (exact) mass is 744 g/mol. The number of rotatable bonds is 2. The molecule has 46 heavy (non-hydrogen) atoms. The van der Waals surface area contributed by atoms with Gasteiger partial charge in [-0.15, -0.1) is 0 Å². The number of carbonyl (C=O) groups is 1. The Morgan fingerprint density at radius 2 is 1.30 bits per heavy atom. The molecular formula is C24H13BrF8N6O6S. The number of carbonyl (C=O) groups excluding carboxylic acids is 1. The number of fused-ring (bicyclic) bond motifs is 2. The molecule has 0 aliphatic heterocycles. The summed E-state index contributed by atoms with van der Waals surface area (Å²) in [7, 11) is -5.71. The number of benzene rings is 2. The van der Waals surface area contributed by atoms with Crippen molar-refractivity contribution >= 4 is 53.9 Å². The molecule has 2 heterocycles. The van der Waals surface area contributed by atoms with E-state index in [2.05, 4.69) is 40.6 Å². The Balaban J connectivity index is 0.000000250. The molecule has 0 atom stereocenters. The van der Waals surface area contributed by atoms with Crippen LogP contribution in [0.5, 0.6) is 0 Å². The van der Waals surface area contributed by atoms with E-state index in [9.17, 15) is 57.4 Å². The Kier molecular flexibility index (Phi) is 11.0. The summed E-state index contributed by atoms with van der Waals surface area (Å²) in [5, 5.41) is 12.0. The molecule has 4 rings (SSSR count). The van der Waals surface area contributed by atoms with Crippen molar-refractivity contribution < 1.29 is 52.6 Å². The van der Waals surface area contributed by atoms with Crippen LogP contribution in [0.2, 0.25) is 0 Å². The minimum Gasteiger partial charge on any atom is -0.464 e. The summed E-state index contributed by atoms with van der Waals surface area (Å²) in [4.78, 5) is 45.5. The lowest BCUT2D eigenvalue weighted by molar-refractivity contribution is -0.157. The van der Waals surface area contributed by atoms with Crippen LogP contribution in [0, 0.1) is 48.1 Å². The second-order valence-corrected chi connectivity index (χ2v) is 10.7. The average molecular weight is 745 g/mol. The van der Waals surface area contributed by atoms with E-state index in [0.717, 1.165) is 0 Å². The first-order valence-electron chi connectivity index (χ1n) is 11.4. The third-order valence-corrected chi connectivity index (χ3v) is 6.68. The molecule has 0 unspecified atom stereocenters. The van der Waals surface area contributed by atoms with Crippen LogP contribution < -0.4 is 11.1 Å². The van der Waals surface area contributed by atoms with E-state index in [0.29, 0.717) is 24.5 Å². The van der Waals surface area contributed by atoms with E-state index in [1.807, 2.05) is 0 Å². The second-order valence-electron chi connectivity index (χ2n) is 8.42. The van der Waals surface area contributed by atoms with Gasteiger partial charge < -0.3 is 14.7 Å². The van der Waals surface area contributed by atoms with Crippen molar-refractivity contribution in [2.75, 3.05) is 7.11 Å². The van der Waals surface area contributed by atoms with Crippen molar-refractivity contribution in [3.05, 3.63) is 77.3 Å². The van der Waals surface area contributed by atoms with Crippen LogP contribution in [0.3, 0.4) is 0 Å². The number of hydrogen-bond donors (Lipinski definition) is 2. The normalized spacial score (nSPS) is 11.4. The number of ether oxygens (including phenoxy) is 1. The fraction of sp³-hybridized carbons (Fsp3) is 0.208. The highest BCUT2D eigenvalue weighted by Crippen LogP contribution is 2.34. The summed E-state index contributed by atoms with van der Waals surface area (Å²) >= 11 is 2.98. The lowest BCUT2D eigenvalue weighted by atomic mass is 10.0. The number of alkyl halides is 5. The summed E-state index contributed by atoms with van der Waals surface area (Å²) in [5.41, 5.74) is -4.31. The molecule has 0 saturated heterocycles. The Hall–Kier alpha value is -4.96. The van der Waals surface area contributed by atoms with Crippen LogP contribution in [0.15, 0.2) is 26.2 Å². The van der Waals surface area contributed by atoms with Gasteiger partial charge in [0, 0.05) is 0 Å². The number of halogens is 9. The van der Waals surface area contributed by atoms with Crippen LogP contribution >= 0.6 is 15.9 Å². The molecular weight excluding hydrogens is 732 g/mol. The SMILES string of the molecule is COC(=O)C(F)(F)S(=O)(=O)F.Cc1nc2cc(Br)c(F)c(C#N)c2c(=O)[nH]1.Cc1nc2cc(C(F)(F)F)c(F)c(C#N)c2c(=O)[nH]1. The van der Waals surface area contributed by atoms with E-state index < -0.39 is 66.9 Å². The first-order valence-corrected chi connectivity index (χ1v) is 13.6. The summed E-state index contributed by atoms with van der Waals surface area (Å²) < 4.78 is 123. The van der Waals surface area contributed by atoms with Gasteiger partial charge in [-0.3, -0.25) is 9.59 Å². The minimum absolute atomic E-state index is 0.0196. The van der Waals surface area contributed by atoms with Crippen molar-refractivity contribution in [1.29, 1.82) is 10.5 Å². The predicted octanol–water partition coefficient (Wildman–Crippen LogP) is 4.32. The molecule has 0 spiro atoms. The summed E-state index contributed by atoms with van der Waals surface area (Å²) in [6.07, 6.45) is -4.97. The maximum Gasteiger partial charge on any atom is 0.470 e. The number of H-pyrrole nitrogens is 2. The maximum absolute atomic E-state index is 13.7. The van der Waals surface area contributed by atoms with Gasteiger partial charge >= 0.3 is 27.6 Å². The van der Waals surface area contributed by atoms with E-state index >= 15 is 0 Å². The third-order valence-electron chi connectivity index (χ3n) is 5.32. The molecule has 2 aromatic heterocycles. The predicted molar refractivity (Wildman–Crippen MR) is 143 cm³/mol. The van der Waals surface area contributed by atoms with Gasteiger partial charge in [-0.1, -0.05) is 3.89 Å². The van der Waals surface area contributed by atoms with E-state index in [1.165, 1.54) is 19.1 Å². The molecule has 0 radical (unpaired) electrons. The summed E-state index contributed by atoms with van der Waals surface area (Å²) in [6.45, 7) is 2.98. The van der Waals surface area contributed by atoms with Gasteiger partial charge in [0.05, 0.1) is 39.0 Å². The van der Waals surface area contributed by atoms with Crippen molar-refractivity contribution in [3.63, 3.8) is 0 Å². The third kappa shape index (κ3) is 7.63. The number of methoxy groups -OCH3 is 1. The van der Waals surface area contributed by atoms with Crippen LogP contribution in [0.25, 0.3) is 21.8 Å². The number of aromatic nitrogens is 4. The zero-order chi connectivity index (χ0) is 35.5. The summed E-state index contributed by atoms with van der Waals surface area (Å²) in [5.74, 6) is -4.47. The highest BCUT2D eigenvalue weighted by atomic mass is 79.9. The number of aryl methyl sites for hydroxylation is 2. The quantitative estimate of drug-likeness (QED) is 0.169. The van der Waals surface area contributed by atoms with Crippen molar-refractivity contribution in [1.82, 2.24) is 19.9 Å². The molecule has 2 aromatic carbocycles. The van der Waals surface area contributed by atoms with Gasteiger partial charge in [0.2, 0.25) is 0 Å². The number of esters is 1. The Bertz CT molecular complexity index is 2190. The zero-order valence-corrected chi connectivity index (χ0v) is 25.1. The highest BCUT2D eigenvalue weighted by Gasteiger charge is 2.55. The molecule has 0 bridgehead atoms. The van der Waals surface area contributed by atoms with Crippen LogP contribution in [-0.4, -0.2) is 46.7 Å². The number of hydrogen-bond acceptors (Lipinski definition) is 10. The largest absolute Gasteiger partial charge is 0.470 e. The molecule has 2 N–H and O–H groups in total. The standard InChI is InChI=1S/C11H5F4N3O.C10H5BrFN3O.C3H3F3O4S/c1-4-17-7-2-6(11(13,14)15)9(12)5(3-16)8(7)10(19)18-4;1-4-14-7-2-6(11)9(12)5(3-13)8(7)10(16)15-4;1-10-2(7)3(4,5)11(6,8)9/h2H,1H3,(H,17,18,19);2H,1H3,(H,14,15,16);1H3. The van der Waals surface area contributed by atoms with Crippen molar-refractivity contribution in [3.8, 4) is 12.1 Å². The van der Waals surface area contributed by atoms with Gasteiger partial charge in [0.25, 0.3) is 11.1 Å². The van der Waals surface area contributed by atoms with Gasteiger partial charge in [0.15, 0.2) is 11.6 Å². The molecule has 0 fully saturated rings. The van der Waals surface area contributed by atoms with Crippen molar-refractivity contribution in [2.24, 2.45) is 0 Å². The Labute approximate surface area is 258 Å². The zero-order valence-electron chi connectivity index (χ0n) is 22.7. The molecule has 0 aliphatic carbocycles. The van der Waals surface area contributed by atoms with Crippen LogP contribution in [-0.2, 0) is 25.9 Å². The average Bonchev–Trinajstić information content (AvgIpc) is 2.93. The molecule has 0 saturated carbocycles. The first kappa shape index (κ1) is 37.2. The maximum atomic E-state index is 13.7. The lowest BCUT2D eigenvalue weighted by Gasteiger charge is -2.10. The Morgan fingerprint density at radius 1 is 0.891 bits per heavy atom. The molecule has 12 nitrogen and oxygen atoms in total. The smallest absolute Gasteiger partial charge is 0.464 e. The molecule has 0 amide bonds. The topological polar surface area (TPSA) is 200 Å². The molecule has 0 aliphatic rings. The van der Waals surface area contributed by atoms with Gasteiger partial charge in [-0.05, 0) is 41.9 Å².